The molecule has 0 aromatic carbocycles. The van der Waals surface area contributed by atoms with Crippen LogP contribution in [-0.2, 0) is 0 Å². The third-order valence-corrected chi connectivity index (χ3v) is 2.44. The van der Waals surface area contributed by atoms with Gasteiger partial charge in [-0.3, -0.25) is 0 Å². The fourth-order valence-corrected chi connectivity index (χ4v) is 1.38. The van der Waals surface area contributed by atoms with Crippen molar-refractivity contribution >= 4 is 5.95 Å². The van der Waals surface area contributed by atoms with E-state index in [2.05, 4.69) is 25.6 Å². The van der Waals surface area contributed by atoms with Crippen molar-refractivity contribution < 1.29 is 14.6 Å². The Hall–Kier alpha value is -1.67. The van der Waals surface area contributed by atoms with Gasteiger partial charge in [-0.25, -0.2) is 0 Å². The molecule has 2 rings (SSSR count). The monoisotopic (exact) mass is 241 g/mol. The summed E-state index contributed by atoms with van der Waals surface area (Å²) in [5.41, 5.74) is -0.743. The van der Waals surface area contributed by atoms with Gasteiger partial charge < -0.3 is 25.2 Å². The fourth-order valence-electron chi connectivity index (χ4n) is 1.38. The van der Waals surface area contributed by atoms with Gasteiger partial charge in [0, 0.05) is 19.6 Å². The van der Waals surface area contributed by atoms with Crippen LogP contribution in [0.2, 0.25) is 0 Å². The van der Waals surface area contributed by atoms with Gasteiger partial charge in [0.05, 0.1) is 14.2 Å². The van der Waals surface area contributed by atoms with E-state index in [1.165, 1.54) is 14.2 Å². The third-order valence-electron chi connectivity index (χ3n) is 2.44. The zero-order chi connectivity index (χ0) is 12.3. The summed E-state index contributed by atoms with van der Waals surface area (Å²) in [4.78, 5) is 11.9. The number of β-amino-alcohol motifs (C(OH)–C–C–N with tert-alkyl or cyclic N) is 1. The zero-order valence-corrected chi connectivity index (χ0v) is 9.73. The number of nitrogens with one attached hydrogen (secondary N) is 2. The highest BCUT2D eigenvalue weighted by Crippen LogP contribution is 2.14. The van der Waals surface area contributed by atoms with Gasteiger partial charge in [-0.15, -0.1) is 4.98 Å². The second-order valence-electron chi connectivity index (χ2n) is 3.81. The Balaban J connectivity index is 2.03. The first-order chi connectivity index (χ1) is 8.15. The van der Waals surface area contributed by atoms with Gasteiger partial charge in [0.15, 0.2) is 0 Å². The molecule has 0 aliphatic carbocycles. The van der Waals surface area contributed by atoms with Crippen molar-refractivity contribution in [3.63, 3.8) is 0 Å². The van der Waals surface area contributed by atoms with Crippen molar-refractivity contribution in [3.05, 3.63) is 0 Å². The van der Waals surface area contributed by atoms with E-state index in [0.29, 0.717) is 25.6 Å². The number of hydrogen-bond acceptors (Lipinski definition) is 8. The first-order valence-electron chi connectivity index (χ1n) is 5.16. The predicted octanol–water partition coefficient (Wildman–Crippen LogP) is -1.36. The van der Waals surface area contributed by atoms with E-state index < -0.39 is 5.60 Å². The fraction of sp³-hybridized carbons (Fsp3) is 0.667. The first-order valence-corrected chi connectivity index (χ1v) is 5.16. The van der Waals surface area contributed by atoms with Crippen LogP contribution < -0.4 is 20.1 Å². The summed E-state index contributed by atoms with van der Waals surface area (Å²) in [7, 11) is 2.92. The standard InChI is InChI=1S/C9H15N5O3/c1-16-7-12-6(13-8(14-7)17-2)11-5-9(15)3-10-4-9/h10,15H,3-5H2,1-2H3,(H,11,12,13,14). The lowest BCUT2D eigenvalue weighted by atomic mass is 9.98. The van der Waals surface area contributed by atoms with E-state index in [4.69, 9.17) is 9.47 Å². The molecule has 0 unspecified atom stereocenters. The summed E-state index contributed by atoms with van der Waals surface area (Å²) >= 11 is 0. The van der Waals surface area contributed by atoms with Crippen molar-refractivity contribution in [2.75, 3.05) is 39.2 Å². The molecule has 1 saturated heterocycles. The Morgan fingerprint density at radius 2 is 1.82 bits per heavy atom. The van der Waals surface area contributed by atoms with Crippen molar-refractivity contribution in [1.29, 1.82) is 0 Å². The third kappa shape index (κ3) is 2.71. The highest BCUT2D eigenvalue weighted by atomic mass is 16.5. The molecule has 2 heterocycles. The minimum absolute atomic E-state index is 0.165. The molecule has 0 atom stereocenters. The number of aliphatic hydroxyl groups is 1. The van der Waals surface area contributed by atoms with Crippen LogP contribution in [0.1, 0.15) is 0 Å². The van der Waals surface area contributed by atoms with Crippen LogP contribution in [0, 0.1) is 0 Å². The minimum Gasteiger partial charge on any atom is -0.467 e. The molecule has 3 N–H and O–H groups in total. The van der Waals surface area contributed by atoms with Gasteiger partial charge in [0.25, 0.3) is 0 Å². The van der Waals surface area contributed by atoms with Crippen molar-refractivity contribution in [2.45, 2.75) is 5.60 Å². The normalized spacial score (nSPS) is 17.1. The lowest BCUT2D eigenvalue weighted by molar-refractivity contribution is 0.00296. The summed E-state index contributed by atoms with van der Waals surface area (Å²) in [5, 5.41) is 15.8. The molecular formula is C9H15N5O3. The van der Waals surface area contributed by atoms with Crippen molar-refractivity contribution in [3.8, 4) is 12.0 Å². The van der Waals surface area contributed by atoms with Crippen molar-refractivity contribution in [2.24, 2.45) is 0 Å². The number of anilines is 1. The van der Waals surface area contributed by atoms with E-state index in [1.807, 2.05) is 0 Å². The lowest BCUT2D eigenvalue weighted by Crippen LogP contribution is -2.63. The quantitative estimate of drug-likeness (QED) is 0.580. The Bertz CT molecular complexity index is 374. The summed E-state index contributed by atoms with van der Waals surface area (Å²) in [5.74, 6) is 0.314. The maximum absolute atomic E-state index is 9.87. The molecule has 0 radical (unpaired) electrons. The summed E-state index contributed by atoms with van der Waals surface area (Å²) < 4.78 is 9.83. The Morgan fingerprint density at radius 1 is 1.24 bits per heavy atom. The summed E-state index contributed by atoms with van der Waals surface area (Å²) in [6, 6.07) is 0.330. The largest absolute Gasteiger partial charge is 0.467 e. The van der Waals surface area contributed by atoms with Crippen LogP contribution in [0.25, 0.3) is 0 Å². The van der Waals surface area contributed by atoms with Crippen LogP contribution in [0.15, 0.2) is 0 Å². The molecule has 17 heavy (non-hydrogen) atoms. The molecule has 8 heteroatoms. The van der Waals surface area contributed by atoms with E-state index in [9.17, 15) is 5.11 Å². The Kier molecular flexibility index (Phi) is 3.25. The van der Waals surface area contributed by atoms with Crippen LogP contribution >= 0.6 is 0 Å². The summed E-state index contributed by atoms with van der Waals surface area (Å²) in [6.45, 7) is 1.47. The molecule has 1 aliphatic heterocycles. The number of aromatic nitrogens is 3. The number of rotatable bonds is 5. The van der Waals surface area contributed by atoms with E-state index >= 15 is 0 Å². The van der Waals surface area contributed by atoms with Crippen LogP contribution in [0.5, 0.6) is 12.0 Å². The predicted molar refractivity (Wildman–Crippen MR) is 59.2 cm³/mol. The van der Waals surface area contributed by atoms with Crippen LogP contribution in [0.3, 0.4) is 0 Å². The molecule has 0 spiro atoms. The Labute approximate surface area is 98.4 Å². The molecule has 8 nitrogen and oxygen atoms in total. The minimum atomic E-state index is -0.743. The molecular weight excluding hydrogens is 226 g/mol. The van der Waals surface area contributed by atoms with Gasteiger partial charge in [0.2, 0.25) is 5.95 Å². The number of hydrogen-bond donors (Lipinski definition) is 3. The van der Waals surface area contributed by atoms with Gasteiger partial charge in [-0.1, -0.05) is 0 Å². The molecule has 0 amide bonds. The second-order valence-corrected chi connectivity index (χ2v) is 3.81. The highest BCUT2D eigenvalue weighted by Gasteiger charge is 2.34. The topological polar surface area (TPSA) is 101 Å². The van der Waals surface area contributed by atoms with E-state index in [1.54, 1.807) is 0 Å². The summed E-state index contributed by atoms with van der Waals surface area (Å²) in [6.07, 6.45) is 0. The molecule has 1 aliphatic rings. The van der Waals surface area contributed by atoms with Gasteiger partial charge in [-0.2, -0.15) is 9.97 Å². The smallest absolute Gasteiger partial charge is 0.324 e. The SMILES string of the molecule is COc1nc(NCC2(O)CNC2)nc(OC)n1. The van der Waals surface area contributed by atoms with Crippen molar-refractivity contribution in [1.82, 2.24) is 20.3 Å². The first kappa shape index (κ1) is 11.8. The second kappa shape index (κ2) is 4.68. The lowest BCUT2D eigenvalue weighted by Gasteiger charge is -2.37. The van der Waals surface area contributed by atoms with E-state index in [0.717, 1.165) is 0 Å². The molecule has 1 fully saturated rings. The Morgan fingerprint density at radius 3 is 2.24 bits per heavy atom. The van der Waals surface area contributed by atoms with Gasteiger partial charge >= 0.3 is 12.0 Å². The van der Waals surface area contributed by atoms with E-state index in [-0.39, 0.29) is 12.0 Å². The van der Waals surface area contributed by atoms with Crippen LogP contribution in [-0.4, -0.2) is 59.5 Å². The van der Waals surface area contributed by atoms with Gasteiger partial charge in [-0.05, 0) is 0 Å². The average molecular weight is 241 g/mol. The van der Waals surface area contributed by atoms with Gasteiger partial charge in [0.1, 0.15) is 5.60 Å². The maximum Gasteiger partial charge on any atom is 0.324 e. The number of ether oxygens (including phenoxy) is 2. The zero-order valence-electron chi connectivity index (χ0n) is 9.73. The molecule has 1 aromatic rings. The molecule has 0 bridgehead atoms. The molecule has 0 saturated carbocycles. The molecule has 1 aromatic heterocycles. The molecule has 94 valence electrons. The average Bonchev–Trinajstić information content (AvgIpc) is 2.33. The number of nitrogens with zero attached hydrogens (tertiary/aromatic N) is 3. The highest BCUT2D eigenvalue weighted by molar-refractivity contribution is 5.28. The number of methoxy groups -OCH3 is 2. The maximum atomic E-state index is 9.87. The van der Waals surface area contributed by atoms with Crippen LogP contribution in [0.4, 0.5) is 5.95 Å².